The molecule has 1 unspecified atom stereocenters. The SMILES string of the molecule is CNC(Cc1nn(C)c2ccccc12)c1cscc1C. The Kier molecular flexibility index (Phi) is 3.59. The molecule has 1 aromatic carbocycles. The van der Waals surface area contributed by atoms with E-state index in [4.69, 9.17) is 5.10 Å². The average Bonchev–Trinajstić information content (AvgIpc) is 3.01. The van der Waals surface area contributed by atoms with E-state index in [0.717, 1.165) is 12.1 Å². The van der Waals surface area contributed by atoms with E-state index in [0.29, 0.717) is 6.04 Å². The van der Waals surface area contributed by atoms with Crippen molar-refractivity contribution in [1.29, 1.82) is 0 Å². The number of nitrogens with one attached hydrogen (secondary N) is 1. The molecule has 0 radical (unpaired) electrons. The van der Waals surface area contributed by atoms with Crippen molar-refractivity contribution in [2.24, 2.45) is 7.05 Å². The third-order valence-electron chi connectivity index (χ3n) is 3.85. The Morgan fingerprint density at radius 1 is 1.30 bits per heavy atom. The normalized spacial score (nSPS) is 12.9. The van der Waals surface area contributed by atoms with Gasteiger partial charge >= 0.3 is 0 Å². The van der Waals surface area contributed by atoms with Gasteiger partial charge in [-0.2, -0.15) is 16.4 Å². The highest BCUT2D eigenvalue weighted by Crippen LogP contribution is 2.27. The van der Waals surface area contributed by atoms with Gasteiger partial charge in [-0.1, -0.05) is 18.2 Å². The molecule has 3 rings (SSSR count). The molecule has 0 saturated carbocycles. The molecule has 0 saturated heterocycles. The van der Waals surface area contributed by atoms with Crippen molar-refractivity contribution in [3.63, 3.8) is 0 Å². The van der Waals surface area contributed by atoms with Gasteiger partial charge in [0.25, 0.3) is 0 Å². The number of thiophene rings is 1. The van der Waals surface area contributed by atoms with Crippen LogP contribution in [0.4, 0.5) is 0 Å². The summed E-state index contributed by atoms with van der Waals surface area (Å²) in [6.07, 6.45) is 0.912. The van der Waals surface area contributed by atoms with Crippen LogP contribution in [0, 0.1) is 6.92 Å². The first kappa shape index (κ1) is 13.3. The Balaban J connectivity index is 1.98. The molecule has 3 aromatic rings. The molecule has 2 heterocycles. The number of nitrogens with zero attached hydrogens (tertiary/aromatic N) is 2. The molecule has 0 spiro atoms. The summed E-state index contributed by atoms with van der Waals surface area (Å²) in [5.41, 5.74) is 5.09. The van der Waals surface area contributed by atoms with Gasteiger partial charge in [0.05, 0.1) is 11.2 Å². The van der Waals surface area contributed by atoms with Crippen LogP contribution in [0.2, 0.25) is 0 Å². The van der Waals surface area contributed by atoms with Crippen LogP contribution in [0.5, 0.6) is 0 Å². The zero-order chi connectivity index (χ0) is 14.1. The predicted molar refractivity (Wildman–Crippen MR) is 85.3 cm³/mol. The molecule has 3 nitrogen and oxygen atoms in total. The summed E-state index contributed by atoms with van der Waals surface area (Å²) in [4.78, 5) is 0. The van der Waals surface area contributed by atoms with E-state index in [1.54, 1.807) is 11.3 Å². The lowest BCUT2D eigenvalue weighted by Crippen LogP contribution is -2.19. The molecule has 1 atom stereocenters. The Morgan fingerprint density at radius 3 is 2.80 bits per heavy atom. The number of rotatable bonds is 4. The van der Waals surface area contributed by atoms with Crippen LogP contribution < -0.4 is 5.32 Å². The van der Waals surface area contributed by atoms with E-state index in [-0.39, 0.29) is 0 Å². The van der Waals surface area contributed by atoms with E-state index in [1.165, 1.54) is 22.0 Å². The van der Waals surface area contributed by atoms with Crippen LogP contribution in [0.15, 0.2) is 35.0 Å². The number of likely N-dealkylation sites (N-methyl/N-ethyl adjacent to an activating group) is 1. The first-order valence-corrected chi connectivity index (χ1v) is 7.75. The highest BCUT2D eigenvalue weighted by atomic mass is 32.1. The second kappa shape index (κ2) is 5.38. The van der Waals surface area contributed by atoms with E-state index in [9.17, 15) is 0 Å². The molecule has 0 fully saturated rings. The number of fused-ring (bicyclic) bond motifs is 1. The van der Waals surface area contributed by atoms with Gasteiger partial charge in [-0.3, -0.25) is 4.68 Å². The predicted octanol–water partition coefficient (Wildman–Crippen LogP) is 3.45. The fraction of sp³-hybridized carbons (Fsp3) is 0.312. The molecule has 0 aliphatic rings. The second-order valence-corrected chi connectivity index (χ2v) is 5.89. The lowest BCUT2D eigenvalue weighted by Gasteiger charge is -2.15. The Labute approximate surface area is 123 Å². The Bertz CT molecular complexity index is 726. The van der Waals surface area contributed by atoms with Gasteiger partial charge < -0.3 is 5.32 Å². The quantitative estimate of drug-likeness (QED) is 0.795. The monoisotopic (exact) mass is 285 g/mol. The van der Waals surface area contributed by atoms with Crippen LogP contribution in [0.3, 0.4) is 0 Å². The first-order valence-electron chi connectivity index (χ1n) is 6.81. The number of hydrogen-bond donors (Lipinski definition) is 1. The number of aromatic nitrogens is 2. The van der Waals surface area contributed by atoms with E-state index in [1.807, 2.05) is 18.8 Å². The van der Waals surface area contributed by atoms with Crippen molar-refractivity contribution in [2.45, 2.75) is 19.4 Å². The maximum Gasteiger partial charge on any atom is 0.0722 e. The summed E-state index contributed by atoms with van der Waals surface area (Å²) >= 11 is 1.76. The van der Waals surface area contributed by atoms with Crippen LogP contribution >= 0.6 is 11.3 Å². The van der Waals surface area contributed by atoms with Gasteiger partial charge in [0.1, 0.15) is 0 Å². The van der Waals surface area contributed by atoms with Crippen molar-refractivity contribution in [2.75, 3.05) is 7.05 Å². The van der Waals surface area contributed by atoms with E-state index in [2.05, 4.69) is 47.3 Å². The summed E-state index contributed by atoms with van der Waals surface area (Å²) in [6.45, 7) is 2.17. The summed E-state index contributed by atoms with van der Waals surface area (Å²) in [5, 5.41) is 13.8. The molecular weight excluding hydrogens is 266 g/mol. The van der Waals surface area contributed by atoms with Crippen LogP contribution in [-0.2, 0) is 13.5 Å². The molecule has 0 aliphatic heterocycles. The Hall–Kier alpha value is -1.65. The van der Waals surface area contributed by atoms with Crippen molar-refractivity contribution in [3.8, 4) is 0 Å². The summed E-state index contributed by atoms with van der Waals surface area (Å²) in [6, 6.07) is 8.74. The number of benzene rings is 1. The van der Waals surface area contributed by atoms with Crippen molar-refractivity contribution in [1.82, 2.24) is 15.1 Å². The van der Waals surface area contributed by atoms with Crippen molar-refractivity contribution >= 4 is 22.2 Å². The third-order valence-corrected chi connectivity index (χ3v) is 4.73. The molecule has 20 heavy (non-hydrogen) atoms. The smallest absolute Gasteiger partial charge is 0.0722 e. The van der Waals surface area contributed by atoms with E-state index < -0.39 is 0 Å². The average molecular weight is 285 g/mol. The van der Waals surface area contributed by atoms with Crippen molar-refractivity contribution in [3.05, 3.63) is 51.8 Å². The summed E-state index contributed by atoms with van der Waals surface area (Å²) < 4.78 is 1.97. The van der Waals surface area contributed by atoms with Gasteiger partial charge in [-0.05, 0) is 41.9 Å². The van der Waals surface area contributed by atoms with Gasteiger partial charge in [0.2, 0.25) is 0 Å². The maximum absolute atomic E-state index is 4.70. The molecular formula is C16H19N3S. The highest BCUT2D eigenvalue weighted by Gasteiger charge is 2.17. The maximum atomic E-state index is 4.70. The molecule has 1 N–H and O–H groups in total. The molecule has 0 bridgehead atoms. The van der Waals surface area contributed by atoms with Gasteiger partial charge in [0, 0.05) is 24.9 Å². The first-order chi connectivity index (χ1) is 9.70. The largest absolute Gasteiger partial charge is 0.313 e. The van der Waals surface area contributed by atoms with Crippen molar-refractivity contribution < 1.29 is 0 Å². The molecule has 4 heteroatoms. The minimum absolute atomic E-state index is 0.319. The van der Waals surface area contributed by atoms with Gasteiger partial charge in [-0.15, -0.1) is 0 Å². The van der Waals surface area contributed by atoms with Gasteiger partial charge in [0.15, 0.2) is 0 Å². The Morgan fingerprint density at radius 2 is 2.10 bits per heavy atom. The number of para-hydroxylation sites is 1. The van der Waals surface area contributed by atoms with Crippen LogP contribution in [0.25, 0.3) is 10.9 Å². The van der Waals surface area contributed by atoms with Crippen LogP contribution in [0.1, 0.15) is 22.9 Å². The third kappa shape index (κ3) is 2.25. The minimum Gasteiger partial charge on any atom is -0.313 e. The molecule has 2 aromatic heterocycles. The zero-order valence-electron chi connectivity index (χ0n) is 12.1. The summed E-state index contributed by atoms with van der Waals surface area (Å²) in [7, 11) is 4.03. The summed E-state index contributed by atoms with van der Waals surface area (Å²) in [5.74, 6) is 0. The second-order valence-electron chi connectivity index (χ2n) is 5.14. The zero-order valence-corrected chi connectivity index (χ0v) is 12.9. The lowest BCUT2D eigenvalue weighted by molar-refractivity contribution is 0.578. The number of hydrogen-bond acceptors (Lipinski definition) is 3. The fourth-order valence-corrected chi connectivity index (χ4v) is 3.63. The molecule has 104 valence electrons. The highest BCUT2D eigenvalue weighted by molar-refractivity contribution is 7.08. The minimum atomic E-state index is 0.319. The number of aryl methyl sites for hydroxylation is 2. The fourth-order valence-electron chi connectivity index (χ4n) is 2.73. The lowest BCUT2D eigenvalue weighted by atomic mass is 10.0. The van der Waals surface area contributed by atoms with Gasteiger partial charge in [-0.25, -0.2) is 0 Å². The van der Waals surface area contributed by atoms with E-state index >= 15 is 0 Å². The molecule has 0 aliphatic carbocycles. The standard InChI is InChI=1S/C16H19N3S/c1-11-9-20-10-13(11)14(17-2)8-15-12-6-4-5-7-16(12)19(3)18-15/h4-7,9-10,14,17H,8H2,1-3H3. The van der Waals surface area contributed by atoms with Crippen LogP contribution in [-0.4, -0.2) is 16.8 Å². The molecule has 0 amide bonds. The topological polar surface area (TPSA) is 29.9 Å².